The van der Waals surface area contributed by atoms with Crippen LogP contribution in [-0.2, 0) is 4.79 Å². The molecule has 0 fully saturated rings. The van der Waals surface area contributed by atoms with Crippen molar-refractivity contribution in [2.24, 2.45) is 0 Å². The molecule has 2 rings (SSSR count). The first-order chi connectivity index (χ1) is 9.11. The molecule has 6 nitrogen and oxygen atoms in total. The smallest absolute Gasteiger partial charge is 0.305 e. The largest absolute Gasteiger partial charge is 0.481 e. The highest BCUT2D eigenvalue weighted by Gasteiger charge is 2.19. The predicted molar refractivity (Wildman–Crippen MR) is 72.5 cm³/mol. The summed E-state index contributed by atoms with van der Waals surface area (Å²) in [5.41, 5.74) is 0.858. The fourth-order valence-electron chi connectivity index (χ4n) is 1.83. The summed E-state index contributed by atoms with van der Waals surface area (Å²) in [6.07, 6.45) is 0.659. The molecule has 0 amide bonds. The number of benzene rings is 1. The Morgan fingerprint density at radius 1 is 1.42 bits per heavy atom. The van der Waals surface area contributed by atoms with E-state index in [1.807, 2.05) is 31.2 Å². The minimum absolute atomic E-state index is 0.00503. The highest BCUT2D eigenvalue weighted by atomic mass is 79.9. The first-order valence-corrected chi connectivity index (χ1v) is 6.66. The Kier molecular flexibility index (Phi) is 4.26. The Hall–Kier alpha value is -1.76. The average molecular weight is 325 g/mol. The fraction of sp³-hybridized carbons (Fsp3) is 0.333. The number of carboxylic acids is 1. The summed E-state index contributed by atoms with van der Waals surface area (Å²) < 4.78 is 2.55. The molecule has 0 aliphatic rings. The van der Waals surface area contributed by atoms with Gasteiger partial charge in [0.2, 0.25) is 0 Å². The van der Waals surface area contributed by atoms with Crippen molar-refractivity contribution < 1.29 is 9.90 Å². The van der Waals surface area contributed by atoms with Crippen molar-refractivity contribution >= 4 is 21.9 Å². The molecule has 7 heteroatoms. The van der Waals surface area contributed by atoms with E-state index in [0.29, 0.717) is 12.2 Å². The molecular formula is C12H13BrN4O2. The molecule has 1 N–H and O–H groups in total. The number of hydrogen-bond acceptors (Lipinski definition) is 4. The van der Waals surface area contributed by atoms with Gasteiger partial charge in [0.25, 0.3) is 0 Å². The zero-order valence-corrected chi connectivity index (χ0v) is 11.9. The minimum atomic E-state index is -0.857. The first kappa shape index (κ1) is 13.7. The molecular weight excluding hydrogens is 312 g/mol. The molecule has 0 saturated heterocycles. The minimum Gasteiger partial charge on any atom is -0.481 e. The number of halogens is 1. The van der Waals surface area contributed by atoms with Crippen LogP contribution in [0.15, 0.2) is 28.7 Å². The van der Waals surface area contributed by atoms with Crippen molar-refractivity contribution in [2.45, 2.75) is 25.8 Å². The number of aliphatic carboxylic acids is 1. The molecule has 19 heavy (non-hydrogen) atoms. The van der Waals surface area contributed by atoms with Crippen molar-refractivity contribution in [3.63, 3.8) is 0 Å². The van der Waals surface area contributed by atoms with Crippen LogP contribution >= 0.6 is 15.9 Å². The SMILES string of the molecule is CCC(CC(=O)O)n1nnnc1-c1ccc(Br)cc1. The van der Waals surface area contributed by atoms with Gasteiger partial charge in [-0.2, -0.15) is 0 Å². The number of carboxylic acid groups (broad SMARTS) is 1. The maximum Gasteiger partial charge on any atom is 0.305 e. The lowest BCUT2D eigenvalue weighted by Gasteiger charge is -2.14. The molecule has 0 spiro atoms. The quantitative estimate of drug-likeness (QED) is 0.913. The summed E-state index contributed by atoms with van der Waals surface area (Å²) in [5.74, 6) is -0.273. The van der Waals surface area contributed by atoms with Crippen LogP contribution in [0.25, 0.3) is 11.4 Å². The maximum atomic E-state index is 10.9. The zero-order chi connectivity index (χ0) is 13.8. The molecule has 1 aromatic carbocycles. The summed E-state index contributed by atoms with van der Waals surface area (Å²) >= 11 is 3.37. The van der Waals surface area contributed by atoms with Gasteiger partial charge >= 0.3 is 5.97 Å². The van der Waals surface area contributed by atoms with E-state index in [-0.39, 0.29) is 12.5 Å². The second kappa shape index (κ2) is 5.92. The van der Waals surface area contributed by atoms with Crippen LogP contribution in [0.2, 0.25) is 0 Å². The van der Waals surface area contributed by atoms with Gasteiger partial charge in [-0.05, 0) is 29.0 Å². The van der Waals surface area contributed by atoms with Crippen LogP contribution in [0.3, 0.4) is 0 Å². The van der Waals surface area contributed by atoms with Gasteiger partial charge in [0.05, 0.1) is 12.5 Å². The van der Waals surface area contributed by atoms with Crippen LogP contribution in [0, 0.1) is 0 Å². The van der Waals surface area contributed by atoms with Crippen LogP contribution < -0.4 is 0 Å². The van der Waals surface area contributed by atoms with E-state index in [1.54, 1.807) is 4.68 Å². The normalized spacial score (nSPS) is 12.3. The van der Waals surface area contributed by atoms with Gasteiger partial charge in [-0.1, -0.05) is 35.0 Å². The lowest BCUT2D eigenvalue weighted by Crippen LogP contribution is -2.15. The van der Waals surface area contributed by atoms with E-state index < -0.39 is 5.97 Å². The summed E-state index contributed by atoms with van der Waals surface area (Å²) in [7, 11) is 0. The number of hydrogen-bond donors (Lipinski definition) is 1. The Labute approximate surface area is 118 Å². The van der Waals surface area contributed by atoms with E-state index in [2.05, 4.69) is 31.5 Å². The van der Waals surface area contributed by atoms with Gasteiger partial charge in [0.1, 0.15) is 0 Å². The molecule has 0 aliphatic carbocycles. The van der Waals surface area contributed by atoms with Gasteiger partial charge in [-0.15, -0.1) is 5.10 Å². The standard InChI is InChI=1S/C12H13BrN4O2/c1-2-10(7-11(18)19)17-12(14-15-16-17)8-3-5-9(13)6-4-8/h3-6,10H,2,7H2,1H3,(H,18,19). The highest BCUT2D eigenvalue weighted by Crippen LogP contribution is 2.24. The summed E-state index contributed by atoms with van der Waals surface area (Å²) in [4.78, 5) is 10.9. The van der Waals surface area contributed by atoms with Crippen LogP contribution in [0.4, 0.5) is 0 Å². The average Bonchev–Trinajstić information content (AvgIpc) is 2.85. The first-order valence-electron chi connectivity index (χ1n) is 5.87. The summed E-state index contributed by atoms with van der Waals surface area (Å²) in [6, 6.07) is 7.32. The van der Waals surface area contributed by atoms with E-state index in [4.69, 9.17) is 5.11 Å². The molecule has 0 bridgehead atoms. The van der Waals surface area contributed by atoms with Crippen molar-refractivity contribution in [2.75, 3.05) is 0 Å². The molecule has 1 heterocycles. The third-order valence-corrected chi connectivity index (χ3v) is 3.35. The third-order valence-electron chi connectivity index (χ3n) is 2.82. The van der Waals surface area contributed by atoms with Gasteiger partial charge in [-0.25, -0.2) is 4.68 Å². The van der Waals surface area contributed by atoms with Gasteiger partial charge < -0.3 is 5.11 Å². The monoisotopic (exact) mass is 324 g/mol. The van der Waals surface area contributed by atoms with Crippen LogP contribution in [0.1, 0.15) is 25.8 Å². The van der Waals surface area contributed by atoms with Crippen LogP contribution in [-0.4, -0.2) is 31.3 Å². The van der Waals surface area contributed by atoms with Crippen LogP contribution in [0.5, 0.6) is 0 Å². The zero-order valence-electron chi connectivity index (χ0n) is 10.3. The van der Waals surface area contributed by atoms with E-state index in [1.165, 1.54) is 0 Å². The lowest BCUT2D eigenvalue weighted by molar-refractivity contribution is -0.138. The third kappa shape index (κ3) is 3.17. The molecule has 0 saturated carbocycles. The molecule has 0 aliphatic heterocycles. The Bertz CT molecular complexity index is 567. The Morgan fingerprint density at radius 3 is 2.68 bits per heavy atom. The number of nitrogens with zero attached hydrogens (tertiary/aromatic N) is 4. The van der Waals surface area contributed by atoms with Crippen molar-refractivity contribution in [3.8, 4) is 11.4 Å². The number of tetrazole rings is 1. The van der Waals surface area contributed by atoms with Gasteiger partial charge in [-0.3, -0.25) is 4.79 Å². The number of carbonyl (C=O) groups is 1. The fourth-order valence-corrected chi connectivity index (χ4v) is 2.10. The predicted octanol–water partition coefficient (Wildman–Crippen LogP) is 2.53. The summed E-state index contributed by atoms with van der Waals surface area (Å²) in [5, 5.41) is 20.5. The Morgan fingerprint density at radius 2 is 2.11 bits per heavy atom. The Balaban J connectivity index is 2.35. The van der Waals surface area contributed by atoms with E-state index in [9.17, 15) is 4.79 Å². The van der Waals surface area contributed by atoms with Crippen molar-refractivity contribution in [1.82, 2.24) is 20.2 Å². The topological polar surface area (TPSA) is 80.9 Å². The van der Waals surface area contributed by atoms with E-state index >= 15 is 0 Å². The molecule has 1 unspecified atom stereocenters. The molecule has 1 atom stereocenters. The van der Waals surface area contributed by atoms with Crippen molar-refractivity contribution in [1.29, 1.82) is 0 Å². The summed E-state index contributed by atoms with van der Waals surface area (Å²) in [6.45, 7) is 1.92. The molecule has 1 aromatic heterocycles. The van der Waals surface area contributed by atoms with Gasteiger partial charge in [0.15, 0.2) is 5.82 Å². The number of aromatic nitrogens is 4. The van der Waals surface area contributed by atoms with E-state index in [0.717, 1.165) is 10.0 Å². The van der Waals surface area contributed by atoms with Crippen molar-refractivity contribution in [3.05, 3.63) is 28.7 Å². The molecule has 2 aromatic rings. The molecule has 0 radical (unpaired) electrons. The highest BCUT2D eigenvalue weighted by molar-refractivity contribution is 9.10. The molecule has 100 valence electrons. The number of rotatable bonds is 5. The van der Waals surface area contributed by atoms with Gasteiger partial charge in [0, 0.05) is 10.0 Å². The maximum absolute atomic E-state index is 10.9. The lowest BCUT2D eigenvalue weighted by atomic mass is 10.1. The second-order valence-electron chi connectivity index (χ2n) is 4.11. The second-order valence-corrected chi connectivity index (χ2v) is 5.03.